The van der Waals surface area contributed by atoms with Crippen molar-refractivity contribution in [3.63, 3.8) is 0 Å². The normalized spacial score (nSPS) is 24.6. The predicted molar refractivity (Wildman–Crippen MR) is 68.2 cm³/mol. The quantitative estimate of drug-likeness (QED) is 0.550. The van der Waals surface area contributed by atoms with Gasteiger partial charge < -0.3 is 4.74 Å². The third-order valence-corrected chi connectivity index (χ3v) is 3.64. The van der Waals surface area contributed by atoms with Crippen LogP contribution >= 0.6 is 11.6 Å². The van der Waals surface area contributed by atoms with Crippen molar-refractivity contribution in [1.29, 1.82) is 0 Å². The van der Waals surface area contributed by atoms with Gasteiger partial charge in [-0.3, -0.25) is 0 Å². The van der Waals surface area contributed by atoms with Gasteiger partial charge in [0.2, 0.25) is 0 Å². The first-order chi connectivity index (χ1) is 7.84. The average Bonchev–Trinajstić information content (AvgIpc) is 2.72. The fraction of sp³-hybridized carbons (Fsp3) is 0.571. The van der Waals surface area contributed by atoms with E-state index in [1.165, 1.54) is 25.7 Å². The van der Waals surface area contributed by atoms with Crippen LogP contribution in [0.5, 0.6) is 5.75 Å². The van der Waals surface area contributed by atoms with E-state index in [0.717, 1.165) is 24.7 Å². The Labute approximate surface area is 103 Å². The highest BCUT2D eigenvalue weighted by Gasteiger charge is 2.22. The van der Waals surface area contributed by atoms with Crippen LogP contribution < -0.4 is 4.74 Å². The zero-order valence-corrected chi connectivity index (χ0v) is 10.3. The number of halogens is 1. The molecule has 0 amide bonds. The molecule has 1 aliphatic rings. The van der Waals surface area contributed by atoms with Gasteiger partial charge >= 0.3 is 0 Å². The van der Waals surface area contributed by atoms with Gasteiger partial charge in [-0.2, -0.15) is 0 Å². The Hall–Kier alpha value is -0.690. The highest BCUT2D eigenvalue weighted by Crippen LogP contribution is 2.32. The number of hydrogen-bond acceptors (Lipinski definition) is 1. The van der Waals surface area contributed by atoms with E-state index < -0.39 is 0 Å². The van der Waals surface area contributed by atoms with E-state index in [2.05, 4.69) is 0 Å². The van der Waals surface area contributed by atoms with Crippen molar-refractivity contribution in [3.05, 3.63) is 30.3 Å². The molecule has 0 spiro atoms. The van der Waals surface area contributed by atoms with Crippen LogP contribution in [0.4, 0.5) is 0 Å². The summed E-state index contributed by atoms with van der Waals surface area (Å²) in [5.74, 6) is 1.81. The predicted octanol–water partition coefficient (Wildman–Crippen LogP) is 4.25. The molecule has 0 bridgehead atoms. The molecule has 0 radical (unpaired) electrons. The van der Waals surface area contributed by atoms with Crippen molar-refractivity contribution in [2.24, 2.45) is 5.92 Å². The number of rotatable bonds is 5. The van der Waals surface area contributed by atoms with E-state index in [-0.39, 0.29) is 0 Å². The van der Waals surface area contributed by atoms with Crippen molar-refractivity contribution in [1.82, 2.24) is 0 Å². The molecule has 1 nitrogen and oxygen atoms in total. The summed E-state index contributed by atoms with van der Waals surface area (Å²) < 4.78 is 5.66. The second-order valence-corrected chi connectivity index (χ2v) is 5.20. The van der Waals surface area contributed by atoms with Crippen LogP contribution in [0.25, 0.3) is 0 Å². The van der Waals surface area contributed by atoms with Gasteiger partial charge in [0.1, 0.15) is 5.75 Å². The van der Waals surface area contributed by atoms with E-state index in [4.69, 9.17) is 16.3 Å². The minimum Gasteiger partial charge on any atom is -0.494 e. The molecule has 2 unspecified atom stereocenters. The maximum Gasteiger partial charge on any atom is 0.119 e. The van der Waals surface area contributed by atoms with Crippen LogP contribution in [0.1, 0.15) is 32.1 Å². The molecule has 2 rings (SSSR count). The van der Waals surface area contributed by atoms with Gasteiger partial charge in [0.05, 0.1) is 6.61 Å². The molecule has 88 valence electrons. The first-order valence-electron chi connectivity index (χ1n) is 6.16. The zero-order valence-electron chi connectivity index (χ0n) is 9.57. The lowest BCUT2D eigenvalue weighted by molar-refractivity contribution is 0.292. The Morgan fingerprint density at radius 2 is 2.00 bits per heavy atom. The van der Waals surface area contributed by atoms with Gasteiger partial charge in [-0.05, 0) is 50.2 Å². The van der Waals surface area contributed by atoms with Crippen molar-refractivity contribution >= 4 is 11.6 Å². The maximum atomic E-state index is 6.08. The summed E-state index contributed by atoms with van der Waals surface area (Å²) in [7, 11) is 0. The van der Waals surface area contributed by atoms with Gasteiger partial charge in [0.25, 0.3) is 0 Å². The van der Waals surface area contributed by atoms with E-state index >= 15 is 0 Å². The summed E-state index contributed by atoms with van der Waals surface area (Å²) in [4.78, 5) is 0. The number of alkyl halides is 1. The summed E-state index contributed by atoms with van der Waals surface area (Å²) in [6, 6.07) is 10.0. The minimum atomic E-state index is 0.431. The molecule has 1 aromatic carbocycles. The highest BCUT2D eigenvalue weighted by atomic mass is 35.5. The molecule has 0 aromatic heterocycles. The van der Waals surface area contributed by atoms with Crippen molar-refractivity contribution in [3.8, 4) is 5.75 Å². The highest BCUT2D eigenvalue weighted by molar-refractivity contribution is 6.20. The Bertz CT molecular complexity index is 299. The molecule has 1 aliphatic carbocycles. The fourth-order valence-corrected chi connectivity index (χ4v) is 2.73. The van der Waals surface area contributed by atoms with Gasteiger partial charge in [-0.15, -0.1) is 11.6 Å². The summed E-state index contributed by atoms with van der Waals surface area (Å²) >= 11 is 6.08. The Kier molecular flexibility index (Phi) is 4.53. The first kappa shape index (κ1) is 11.8. The van der Waals surface area contributed by atoms with Gasteiger partial charge in [0, 0.05) is 5.38 Å². The van der Waals surface area contributed by atoms with Crippen LogP contribution in [0.15, 0.2) is 30.3 Å². The number of ether oxygens (including phenoxy) is 1. The van der Waals surface area contributed by atoms with Crippen LogP contribution in [0.2, 0.25) is 0 Å². The standard InChI is InChI=1S/C14H19ClO/c15-13-9-8-12(11-13)5-4-10-16-14-6-2-1-3-7-14/h1-3,6-7,12-13H,4-5,8-11H2. The lowest BCUT2D eigenvalue weighted by atomic mass is 10.0. The Morgan fingerprint density at radius 1 is 1.19 bits per heavy atom. The maximum absolute atomic E-state index is 6.08. The monoisotopic (exact) mass is 238 g/mol. The van der Waals surface area contributed by atoms with E-state index in [1.54, 1.807) is 0 Å². The summed E-state index contributed by atoms with van der Waals surface area (Å²) in [5, 5.41) is 0.431. The largest absolute Gasteiger partial charge is 0.494 e. The fourth-order valence-electron chi connectivity index (χ4n) is 2.35. The third-order valence-electron chi connectivity index (χ3n) is 3.25. The molecule has 0 aliphatic heterocycles. The van der Waals surface area contributed by atoms with Gasteiger partial charge in [0.15, 0.2) is 0 Å². The summed E-state index contributed by atoms with van der Waals surface area (Å²) in [6.07, 6.45) is 6.11. The molecule has 1 aromatic rings. The average molecular weight is 239 g/mol. The van der Waals surface area contributed by atoms with E-state index in [0.29, 0.717) is 5.38 Å². The van der Waals surface area contributed by atoms with E-state index in [1.807, 2.05) is 30.3 Å². The smallest absolute Gasteiger partial charge is 0.119 e. The molecule has 1 saturated carbocycles. The molecule has 1 fully saturated rings. The number of benzene rings is 1. The van der Waals surface area contributed by atoms with Gasteiger partial charge in [-0.25, -0.2) is 0 Å². The molecule has 0 heterocycles. The van der Waals surface area contributed by atoms with Crippen LogP contribution in [0, 0.1) is 5.92 Å². The van der Waals surface area contributed by atoms with Gasteiger partial charge in [-0.1, -0.05) is 18.2 Å². The summed E-state index contributed by atoms with van der Waals surface area (Å²) in [5.41, 5.74) is 0. The lowest BCUT2D eigenvalue weighted by Gasteiger charge is -2.09. The lowest BCUT2D eigenvalue weighted by Crippen LogP contribution is -2.02. The zero-order chi connectivity index (χ0) is 11.2. The molecule has 0 saturated heterocycles. The minimum absolute atomic E-state index is 0.431. The van der Waals surface area contributed by atoms with Crippen molar-refractivity contribution < 1.29 is 4.74 Å². The van der Waals surface area contributed by atoms with Crippen LogP contribution in [0.3, 0.4) is 0 Å². The molecular weight excluding hydrogens is 220 g/mol. The summed E-state index contributed by atoms with van der Waals surface area (Å²) in [6.45, 7) is 0.827. The Balaban J connectivity index is 1.59. The third kappa shape index (κ3) is 3.71. The molecular formula is C14H19ClO. The Morgan fingerprint density at radius 3 is 2.69 bits per heavy atom. The second-order valence-electron chi connectivity index (χ2n) is 4.58. The molecule has 0 N–H and O–H groups in total. The molecule has 2 atom stereocenters. The number of hydrogen-bond donors (Lipinski definition) is 0. The molecule has 2 heteroatoms. The first-order valence-corrected chi connectivity index (χ1v) is 6.60. The van der Waals surface area contributed by atoms with Crippen molar-refractivity contribution in [2.45, 2.75) is 37.5 Å². The SMILES string of the molecule is ClC1CCC(CCCOc2ccccc2)C1. The number of para-hydroxylation sites is 1. The molecule has 16 heavy (non-hydrogen) atoms. The topological polar surface area (TPSA) is 9.23 Å². The van der Waals surface area contributed by atoms with E-state index in [9.17, 15) is 0 Å². The van der Waals surface area contributed by atoms with Crippen LogP contribution in [-0.2, 0) is 0 Å². The second kappa shape index (κ2) is 6.15. The van der Waals surface area contributed by atoms with Crippen LogP contribution in [-0.4, -0.2) is 12.0 Å². The van der Waals surface area contributed by atoms with Crippen molar-refractivity contribution in [2.75, 3.05) is 6.61 Å².